The minimum atomic E-state index is -1.02. The third-order valence-electron chi connectivity index (χ3n) is 6.88. The van der Waals surface area contributed by atoms with E-state index in [4.69, 9.17) is 9.15 Å². The van der Waals surface area contributed by atoms with Crippen LogP contribution in [-0.2, 0) is 16.9 Å². The van der Waals surface area contributed by atoms with Crippen LogP contribution in [0.2, 0.25) is 0 Å². The van der Waals surface area contributed by atoms with Gasteiger partial charge in [-0.15, -0.1) is 0 Å². The number of nitrogens with zero attached hydrogens (tertiary/aromatic N) is 1. The van der Waals surface area contributed by atoms with Crippen molar-refractivity contribution in [2.24, 2.45) is 0 Å². The number of carbonyl (C=O) groups excluding carboxylic acids is 1. The van der Waals surface area contributed by atoms with Crippen molar-refractivity contribution in [1.82, 2.24) is 10.2 Å². The zero-order chi connectivity index (χ0) is 23.7. The van der Waals surface area contributed by atoms with Gasteiger partial charge in [-0.3, -0.25) is 9.69 Å². The number of fused-ring (bicyclic) bond motifs is 1. The van der Waals surface area contributed by atoms with E-state index in [1.807, 2.05) is 12.1 Å². The van der Waals surface area contributed by atoms with Crippen molar-refractivity contribution in [2.45, 2.75) is 43.9 Å². The van der Waals surface area contributed by atoms with Crippen molar-refractivity contribution in [2.75, 3.05) is 26.2 Å². The Balaban J connectivity index is 1.23. The molecule has 1 atom stereocenters. The maximum atomic E-state index is 14.0. The fourth-order valence-corrected chi connectivity index (χ4v) is 4.80. The third kappa shape index (κ3) is 4.85. The van der Waals surface area contributed by atoms with Crippen molar-refractivity contribution >= 4 is 16.9 Å². The summed E-state index contributed by atoms with van der Waals surface area (Å²) in [6, 6.07) is 10.8. The topological polar surface area (TPSA) is 74.9 Å². The van der Waals surface area contributed by atoms with Crippen molar-refractivity contribution in [1.29, 1.82) is 0 Å². The molecule has 2 saturated heterocycles. The average molecular weight is 471 g/mol. The summed E-state index contributed by atoms with van der Waals surface area (Å²) in [5.74, 6) is -1.20. The number of hydrogen-bond donors (Lipinski definition) is 2. The number of likely N-dealkylation sites (tertiary alicyclic amines) is 1. The number of aliphatic hydroxyl groups is 1. The zero-order valence-corrected chi connectivity index (χ0v) is 18.9. The van der Waals surface area contributed by atoms with E-state index in [0.717, 1.165) is 36.5 Å². The number of benzene rings is 2. The second-order valence-corrected chi connectivity index (χ2v) is 9.25. The van der Waals surface area contributed by atoms with Crippen molar-refractivity contribution in [3.8, 4) is 0 Å². The molecule has 6 nitrogen and oxygen atoms in total. The summed E-state index contributed by atoms with van der Waals surface area (Å²) < 4.78 is 38.4. The lowest BCUT2D eigenvalue weighted by Crippen LogP contribution is -2.42. The Kier molecular flexibility index (Phi) is 6.38. The lowest BCUT2D eigenvalue weighted by Gasteiger charge is -2.38. The van der Waals surface area contributed by atoms with E-state index in [2.05, 4.69) is 10.2 Å². The van der Waals surface area contributed by atoms with Gasteiger partial charge in [-0.2, -0.15) is 0 Å². The van der Waals surface area contributed by atoms with Gasteiger partial charge in [0.05, 0.1) is 11.7 Å². The van der Waals surface area contributed by atoms with Crippen LogP contribution in [0.15, 0.2) is 46.9 Å². The molecule has 2 fully saturated rings. The van der Waals surface area contributed by atoms with E-state index in [-0.39, 0.29) is 17.8 Å². The lowest BCUT2D eigenvalue weighted by atomic mass is 9.84. The molecule has 180 valence electrons. The molecule has 0 unspecified atom stereocenters. The van der Waals surface area contributed by atoms with Crippen molar-refractivity contribution in [3.63, 3.8) is 0 Å². The van der Waals surface area contributed by atoms with Gasteiger partial charge in [0.2, 0.25) is 0 Å². The number of halogens is 2. The van der Waals surface area contributed by atoms with E-state index < -0.39 is 17.2 Å². The highest BCUT2D eigenvalue weighted by atomic mass is 19.1. The Hall–Kier alpha value is -2.81. The van der Waals surface area contributed by atoms with Gasteiger partial charge in [0.15, 0.2) is 5.76 Å². The van der Waals surface area contributed by atoms with E-state index in [1.54, 1.807) is 12.1 Å². The molecule has 0 radical (unpaired) electrons. The maximum Gasteiger partial charge on any atom is 0.287 e. The van der Waals surface area contributed by atoms with E-state index in [0.29, 0.717) is 50.2 Å². The fourth-order valence-electron chi connectivity index (χ4n) is 4.80. The van der Waals surface area contributed by atoms with Gasteiger partial charge in [0.25, 0.3) is 5.91 Å². The predicted octanol–water partition coefficient (Wildman–Crippen LogP) is 4.10. The molecule has 2 aliphatic rings. The molecule has 1 aromatic heterocycles. The van der Waals surface area contributed by atoms with Crippen molar-refractivity contribution < 1.29 is 27.8 Å². The summed E-state index contributed by atoms with van der Waals surface area (Å²) in [4.78, 5) is 14.5. The third-order valence-corrected chi connectivity index (χ3v) is 6.88. The highest BCUT2D eigenvalue weighted by Crippen LogP contribution is 2.35. The fraction of sp³-hybridized carbons (Fsp3) is 0.423. The highest BCUT2D eigenvalue weighted by Gasteiger charge is 2.34. The Labute approximate surface area is 196 Å². The molecule has 2 aromatic carbocycles. The lowest BCUT2D eigenvalue weighted by molar-refractivity contribution is -0.0278. The molecule has 3 heterocycles. The van der Waals surface area contributed by atoms with Crippen LogP contribution >= 0.6 is 0 Å². The summed E-state index contributed by atoms with van der Waals surface area (Å²) in [7, 11) is 0. The Morgan fingerprint density at radius 3 is 2.71 bits per heavy atom. The number of ether oxygens (including phenoxy) is 1. The summed E-state index contributed by atoms with van der Waals surface area (Å²) in [5, 5.41) is 14.9. The van der Waals surface area contributed by atoms with Crippen LogP contribution in [0, 0.1) is 11.6 Å². The molecular weight excluding hydrogens is 442 g/mol. The number of amides is 1. The molecule has 2 aliphatic heterocycles. The maximum absolute atomic E-state index is 14.0. The molecular formula is C26H28F2N2O4. The Morgan fingerprint density at radius 1 is 1.15 bits per heavy atom. The van der Waals surface area contributed by atoms with Crippen LogP contribution in [0.25, 0.3) is 11.0 Å². The molecule has 1 amide bonds. The Morgan fingerprint density at radius 2 is 1.97 bits per heavy atom. The SMILES string of the molecule is O=C(NC[C@H]1CCCO1)c1cc2cc(C3(O)CCN(Cc4ccc(F)cc4F)CC3)ccc2o1. The van der Waals surface area contributed by atoms with Gasteiger partial charge >= 0.3 is 0 Å². The quantitative estimate of drug-likeness (QED) is 0.567. The predicted molar refractivity (Wildman–Crippen MR) is 122 cm³/mol. The Bertz CT molecular complexity index is 1180. The number of rotatable bonds is 6. The average Bonchev–Trinajstić information content (AvgIpc) is 3.50. The van der Waals surface area contributed by atoms with E-state index in [9.17, 15) is 18.7 Å². The van der Waals surface area contributed by atoms with Gasteiger partial charge in [-0.05, 0) is 55.5 Å². The van der Waals surface area contributed by atoms with Gasteiger partial charge in [-0.1, -0.05) is 12.1 Å². The second kappa shape index (κ2) is 9.44. The summed E-state index contributed by atoms with van der Waals surface area (Å²) >= 11 is 0. The second-order valence-electron chi connectivity index (χ2n) is 9.25. The minimum Gasteiger partial charge on any atom is -0.451 e. The smallest absolute Gasteiger partial charge is 0.287 e. The number of hydrogen-bond acceptors (Lipinski definition) is 5. The molecule has 8 heteroatoms. The minimum absolute atomic E-state index is 0.0552. The first-order valence-electron chi connectivity index (χ1n) is 11.7. The van der Waals surface area contributed by atoms with Gasteiger partial charge in [0, 0.05) is 49.8 Å². The summed E-state index contributed by atoms with van der Waals surface area (Å²) in [6.07, 6.45) is 2.97. The first kappa shape index (κ1) is 23.0. The van der Waals surface area contributed by atoms with E-state index >= 15 is 0 Å². The van der Waals surface area contributed by atoms with E-state index in [1.165, 1.54) is 12.1 Å². The molecule has 0 bridgehead atoms. The molecule has 0 spiro atoms. The van der Waals surface area contributed by atoms with Crippen molar-refractivity contribution in [3.05, 3.63) is 71.0 Å². The number of piperidine rings is 1. The van der Waals surface area contributed by atoms with Gasteiger partial charge in [-0.25, -0.2) is 8.78 Å². The highest BCUT2D eigenvalue weighted by molar-refractivity contribution is 5.96. The summed E-state index contributed by atoms with van der Waals surface area (Å²) in [6.45, 7) is 2.71. The zero-order valence-electron chi connectivity index (χ0n) is 18.9. The largest absolute Gasteiger partial charge is 0.451 e. The first-order valence-corrected chi connectivity index (χ1v) is 11.7. The van der Waals surface area contributed by atoms with Gasteiger partial charge in [0.1, 0.15) is 17.2 Å². The monoisotopic (exact) mass is 470 g/mol. The molecule has 34 heavy (non-hydrogen) atoms. The first-order chi connectivity index (χ1) is 16.4. The molecule has 0 aliphatic carbocycles. The van der Waals surface area contributed by atoms with Crippen LogP contribution < -0.4 is 5.32 Å². The molecule has 2 N–H and O–H groups in total. The normalized spacial score (nSPS) is 20.6. The molecule has 5 rings (SSSR count). The molecule has 3 aromatic rings. The van der Waals surface area contributed by atoms with Crippen LogP contribution in [-0.4, -0.2) is 48.3 Å². The standard InChI is InChI=1S/C26H28F2N2O4/c27-20-5-3-17(22(28)14-20)16-30-9-7-26(32,8-10-30)19-4-6-23-18(12-19)13-24(34-23)25(31)29-15-21-2-1-11-33-21/h3-6,12-14,21,32H,1-2,7-11,15-16H2,(H,29,31)/t21-/m1/s1. The number of carbonyl (C=O) groups is 1. The number of nitrogens with one attached hydrogen (secondary N) is 1. The van der Waals surface area contributed by atoms with Crippen LogP contribution in [0.4, 0.5) is 8.78 Å². The number of furan rings is 1. The van der Waals surface area contributed by atoms with Gasteiger partial charge < -0.3 is 19.6 Å². The van der Waals surface area contributed by atoms with Crippen LogP contribution in [0.5, 0.6) is 0 Å². The van der Waals surface area contributed by atoms with Crippen LogP contribution in [0.1, 0.15) is 47.4 Å². The molecule has 0 saturated carbocycles. The van der Waals surface area contributed by atoms with Crippen LogP contribution in [0.3, 0.4) is 0 Å². The summed E-state index contributed by atoms with van der Waals surface area (Å²) in [5.41, 5.74) is 0.765.